The Morgan fingerprint density at radius 3 is 2.35 bits per heavy atom. The molecule has 3 heteroatoms. The molecule has 0 saturated heterocycles. The number of benzene rings is 2. The second-order valence-electron chi connectivity index (χ2n) is 4.66. The third-order valence-corrected chi connectivity index (χ3v) is 3.56. The Balaban J connectivity index is 2.61. The molecular weight excluding hydrogens is 250 g/mol. The lowest BCUT2D eigenvalue weighted by molar-refractivity contribution is 0.404. The minimum Gasteiger partial charge on any atom is -0.497 e. The topological polar surface area (TPSA) is 30.5 Å². The van der Waals surface area contributed by atoms with Gasteiger partial charge in [0.05, 0.1) is 14.2 Å². The van der Waals surface area contributed by atoms with E-state index in [1.54, 1.807) is 14.2 Å². The van der Waals surface area contributed by atoms with Gasteiger partial charge in [0.15, 0.2) is 0 Å². The molecule has 0 aliphatic rings. The molecule has 0 radical (unpaired) electrons. The summed E-state index contributed by atoms with van der Waals surface area (Å²) in [4.78, 5) is 0. The fourth-order valence-corrected chi connectivity index (χ4v) is 2.30. The van der Waals surface area contributed by atoms with Gasteiger partial charge in [-0.05, 0) is 43.3 Å². The predicted molar refractivity (Wildman–Crippen MR) is 82.5 cm³/mol. The van der Waals surface area contributed by atoms with E-state index in [-0.39, 0.29) is 6.04 Å². The van der Waals surface area contributed by atoms with Crippen LogP contribution in [0.2, 0.25) is 0 Å². The van der Waals surface area contributed by atoms with E-state index in [2.05, 4.69) is 30.4 Å². The maximum absolute atomic E-state index is 5.49. The first kappa shape index (κ1) is 14.4. The molecule has 1 unspecified atom stereocenters. The number of nitrogens with one attached hydrogen (secondary N) is 1. The van der Waals surface area contributed by atoms with Crippen LogP contribution in [-0.4, -0.2) is 21.3 Å². The zero-order valence-electron chi connectivity index (χ0n) is 12.4. The number of methoxy groups -OCH3 is 2. The molecule has 2 aromatic carbocycles. The Bertz CT molecular complexity index is 581. The number of rotatable bonds is 5. The van der Waals surface area contributed by atoms with E-state index in [0.29, 0.717) is 0 Å². The molecule has 0 spiro atoms. The summed E-state index contributed by atoms with van der Waals surface area (Å²) in [7, 11) is 5.33. The van der Waals surface area contributed by atoms with Crippen molar-refractivity contribution < 1.29 is 9.47 Å². The van der Waals surface area contributed by atoms with Gasteiger partial charge in [0.2, 0.25) is 0 Å². The summed E-state index contributed by atoms with van der Waals surface area (Å²) in [6.07, 6.45) is 0. The Morgan fingerprint density at radius 2 is 1.70 bits per heavy atom. The Morgan fingerprint density at radius 1 is 0.950 bits per heavy atom. The van der Waals surface area contributed by atoms with Crippen LogP contribution in [0, 0.1) is 0 Å². The SMILES string of the molecule is CNC(C)c1ccccc1-c1cc(OC)ccc1OC. The molecule has 0 aromatic heterocycles. The first-order valence-corrected chi connectivity index (χ1v) is 6.69. The lowest BCUT2D eigenvalue weighted by atomic mass is 9.95. The van der Waals surface area contributed by atoms with Crippen LogP contribution in [-0.2, 0) is 0 Å². The summed E-state index contributed by atoms with van der Waals surface area (Å²) in [5, 5.41) is 3.29. The number of ether oxygens (including phenoxy) is 2. The monoisotopic (exact) mass is 271 g/mol. The quantitative estimate of drug-likeness (QED) is 0.900. The minimum atomic E-state index is 0.266. The maximum Gasteiger partial charge on any atom is 0.126 e. The summed E-state index contributed by atoms with van der Waals surface area (Å²) in [6.45, 7) is 2.14. The Hall–Kier alpha value is -2.00. The van der Waals surface area contributed by atoms with Gasteiger partial charge in [0.1, 0.15) is 11.5 Å². The predicted octanol–water partition coefficient (Wildman–Crippen LogP) is 3.65. The van der Waals surface area contributed by atoms with Crippen LogP contribution in [0.3, 0.4) is 0 Å². The lowest BCUT2D eigenvalue weighted by Crippen LogP contribution is -2.13. The number of hydrogen-bond donors (Lipinski definition) is 1. The summed E-state index contributed by atoms with van der Waals surface area (Å²) in [5.74, 6) is 1.68. The zero-order valence-corrected chi connectivity index (χ0v) is 12.4. The van der Waals surface area contributed by atoms with Gasteiger partial charge in [0, 0.05) is 11.6 Å². The van der Waals surface area contributed by atoms with Crippen LogP contribution < -0.4 is 14.8 Å². The first-order valence-electron chi connectivity index (χ1n) is 6.69. The van der Waals surface area contributed by atoms with Crippen LogP contribution in [0.25, 0.3) is 11.1 Å². The Kier molecular flexibility index (Phi) is 4.64. The summed E-state index contributed by atoms with van der Waals surface area (Å²) in [6, 6.07) is 14.5. The van der Waals surface area contributed by atoms with Gasteiger partial charge in [-0.3, -0.25) is 0 Å². The average Bonchev–Trinajstić information content (AvgIpc) is 2.53. The Labute approximate surface area is 120 Å². The molecule has 1 atom stereocenters. The van der Waals surface area contributed by atoms with Crippen molar-refractivity contribution in [1.82, 2.24) is 5.32 Å². The van der Waals surface area contributed by atoms with E-state index in [1.807, 2.05) is 31.3 Å². The third kappa shape index (κ3) is 2.78. The van der Waals surface area contributed by atoms with Crippen LogP contribution in [0.15, 0.2) is 42.5 Å². The molecule has 0 saturated carbocycles. The van der Waals surface area contributed by atoms with Gasteiger partial charge in [-0.25, -0.2) is 0 Å². The summed E-state index contributed by atoms with van der Waals surface area (Å²) < 4.78 is 10.8. The average molecular weight is 271 g/mol. The van der Waals surface area contributed by atoms with Gasteiger partial charge < -0.3 is 14.8 Å². The largest absolute Gasteiger partial charge is 0.497 e. The highest BCUT2D eigenvalue weighted by atomic mass is 16.5. The van der Waals surface area contributed by atoms with Crippen molar-refractivity contribution in [3.63, 3.8) is 0 Å². The third-order valence-electron chi connectivity index (χ3n) is 3.56. The fourth-order valence-electron chi connectivity index (χ4n) is 2.30. The highest BCUT2D eigenvalue weighted by Crippen LogP contribution is 2.37. The zero-order chi connectivity index (χ0) is 14.5. The second kappa shape index (κ2) is 6.44. The van der Waals surface area contributed by atoms with Crippen LogP contribution in [0.1, 0.15) is 18.5 Å². The van der Waals surface area contributed by atoms with Crippen LogP contribution in [0.5, 0.6) is 11.5 Å². The van der Waals surface area contributed by atoms with Gasteiger partial charge in [-0.1, -0.05) is 24.3 Å². The van der Waals surface area contributed by atoms with E-state index < -0.39 is 0 Å². The lowest BCUT2D eigenvalue weighted by Gasteiger charge is -2.18. The van der Waals surface area contributed by atoms with E-state index in [4.69, 9.17) is 9.47 Å². The smallest absolute Gasteiger partial charge is 0.126 e. The van der Waals surface area contributed by atoms with Crippen molar-refractivity contribution in [1.29, 1.82) is 0 Å². The molecule has 0 fully saturated rings. The number of hydrogen-bond acceptors (Lipinski definition) is 3. The molecule has 2 aromatic rings. The van der Waals surface area contributed by atoms with Crippen molar-refractivity contribution in [2.24, 2.45) is 0 Å². The molecular formula is C17H21NO2. The van der Waals surface area contributed by atoms with Gasteiger partial charge in [-0.15, -0.1) is 0 Å². The summed E-state index contributed by atoms with van der Waals surface area (Å²) in [5.41, 5.74) is 3.44. The fraction of sp³-hybridized carbons (Fsp3) is 0.294. The highest BCUT2D eigenvalue weighted by Gasteiger charge is 2.14. The van der Waals surface area contributed by atoms with Gasteiger partial charge >= 0.3 is 0 Å². The molecule has 1 N–H and O–H groups in total. The van der Waals surface area contributed by atoms with E-state index in [1.165, 1.54) is 5.56 Å². The van der Waals surface area contributed by atoms with Crippen molar-refractivity contribution >= 4 is 0 Å². The van der Waals surface area contributed by atoms with Gasteiger partial charge in [0.25, 0.3) is 0 Å². The summed E-state index contributed by atoms with van der Waals surface area (Å²) >= 11 is 0. The molecule has 0 aliphatic heterocycles. The molecule has 0 heterocycles. The first-order chi connectivity index (χ1) is 9.71. The van der Waals surface area contributed by atoms with Crippen LogP contribution >= 0.6 is 0 Å². The molecule has 0 bridgehead atoms. The van der Waals surface area contributed by atoms with Crippen molar-refractivity contribution in [3.8, 4) is 22.6 Å². The molecule has 106 valence electrons. The maximum atomic E-state index is 5.49. The van der Waals surface area contributed by atoms with E-state index >= 15 is 0 Å². The molecule has 0 amide bonds. The normalized spacial score (nSPS) is 12.0. The molecule has 20 heavy (non-hydrogen) atoms. The van der Waals surface area contributed by atoms with E-state index in [0.717, 1.165) is 22.6 Å². The van der Waals surface area contributed by atoms with Gasteiger partial charge in [-0.2, -0.15) is 0 Å². The van der Waals surface area contributed by atoms with Crippen molar-refractivity contribution in [3.05, 3.63) is 48.0 Å². The second-order valence-corrected chi connectivity index (χ2v) is 4.66. The van der Waals surface area contributed by atoms with Crippen molar-refractivity contribution in [2.75, 3.05) is 21.3 Å². The van der Waals surface area contributed by atoms with E-state index in [9.17, 15) is 0 Å². The molecule has 3 nitrogen and oxygen atoms in total. The molecule has 2 rings (SSSR count). The minimum absolute atomic E-state index is 0.266. The van der Waals surface area contributed by atoms with Crippen LogP contribution in [0.4, 0.5) is 0 Å². The standard InChI is InChI=1S/C17H21NO2/c1-12(18-2)14-7-5-6-8-15(14)16-11-13(19-3)9-10-17(16)20-4/h5-12,18H,1-4H3. The highest BCUT2D eigenvalue weighted by molar-refractivity contribution is 5.75. The van der Waals surface area contributed by atoms with Crippen molar-refractivity contribution in [2.45, 2.75) is 13.0 Å². The molecule has 0 aliphatic carbocycles.